The lowest BCUT2D eigenvalue weighted by molar-refractivity contribution is -0.123. The molecule has 3 aromatic rings. The van der Waals surface area contributed by atoms with E-state index in [2.05, 4.69) is 21.3 Å². The average Bonchev–Trinajstić information content (AvgIpc) is 2.78. The van der Waals surface area contributed by atoms with E-state index in [4.69, 9.17) is 0 Å². The number of hydrogen-bond acceptors (Lipinski definition) is 5. The molecular weight excluding hydrogens is 386 g/mol. The van der Waals surface area contributed by atoms with E-state index in [1.807, 2.05) is 0 Å². The van der Waals surface area contributed by atoms with Gasteiger partial charge in [0.1, 0.15) is 6.04 Å². The Hall–Kier alpha value is -4.01. The Morgan fingerprint density at radius 1 is 0.933 bits per heavy atom. The van der Waals surface area contributed by atoms with Crippen LogP contribution in [0.4, 0.5) is 0 Å². The zero-order valence-corrected chi connectivity index (χ0v) is 16.5. The van der Waals surface area contributed by atoms with E-state index in [9.17, 15) is 19.2 Å². The molecule has 1 atom stereocenters. The molecule has 0 bridgehead atoms. The molecule has 3 N–H and O–H groups in total. The minimum absolute atomic E-state index is 0.00771. The second-order valence-corrected chi connectivity index (χ2v) is 6.52. The number of aryl methyl sites for hydroxylation is 1. The van der Waals surface area contributed by atoms with Crippen molar-refractivity contribution in [1.29, 1.82) is 0 Å². The smallest absolute Gasteiger partial charge is 0.290 e. The summed E-state index contributed by atoms with van der Waals surface area (Å²) >= 11 is 0. The number of benzene rings is 2. The Morgan fingerprint density at radius 3 is 2.23 bits per heavy atom. The van der Waals surface area contributed by atoms with Gasteiger partial charge < -0.3 is 5.32 Å². The molecule has 0 saturated heterocycles. The van der Waals surface area contributed by atoms with Crippen LogP contribution < -0.4 is 21.7 Å². The van der Waals surface area contributed by atoms with Gasteiger partial charge in [0.15, 0.2) is 5.69 Å². The SMILES string of the molecule is CCn1nc(C(=O)NNC(=O)C(C)NC(=O)c2ccccc2)c2ccccc2c1=O. The molecule has 1 aromatic heterocycles. The summed E-state index contributed by atoms with van der Waals surface area (Å²) in [5, 5.41) is 7.39. The van der Waals surface area contributed by atoms with Crippen LogP contribution in [0.1, 0.15) is 34.7 Å². The van der Waals surface area contributed by atoms with Crippen LogP contribution in [0.25, 0.3) is 10.8 Å². The molecule has 154 valence electrons. The molecule has 1 unspecified atom stereocenters. The highest BCUT2D eigenvalue weighted by Gasteiger charge is 2.20. The second-order valence-electron chi connectivity index (χ2n) is 6.52. The molecule has 1 heterocycles. The number of aromatic nitrogens is 2. The number of rotatable bonds is 5. The molecule has 9 nitrogen and oxygen atoms in total. The van der Waals surface area contributed by atoms with E-state index in [-0.39, 0.29) is 11.3 Å². The molecule has 0 spiro atoms. The van der Waals surface area contributed by atoms with Gasteiger partial charge in [-0.25, -0.2) is 4.68 Å². The Kier molecular flexibility index (Phi) is 6.21. The van der Waals surface area contributed by atoms with Crippen molar-refractivity contribution in [2.45, 2.75) is 26.4 Å². The number of hydrogen-bond donors (Lipinski definition) is 3. The largest absolute Gasteiger partial charge is 0.340 e. The summed E-state index contributed by atoms with van der Waals surface area (Å²) in [5.41, 5.74) is 4.68. The van der Waals surface area contributed by atoms with Crippen LogP contribution in [0.5, 0.6) is 0 Å². The van der Waals surface area contributed by atoms with Crippen LogP contribution in [0.3, 0.4) is 0 Å². The van der Waals surface area contributed by atoms with Crippen LogP contribution in [0, 0.1) is 0 Å². The van der Waals surface area contributed by atoms with Gasteiger partial charge in [-0.2, -0.15) is 5.10 Å². The molecule has 0 aliphatic heterocycles. The maximum absolute atomic E-state index is 12.6. The third-order valence-corrected chi connectivity index (χ3v) is 4.46. The lowest BCUT2D eigenvalue weighted by atomic mass is 10.1. The van der Waals surface area contributed by atoms with Gasteiger partial charge in [-0.15, -0.1) is 0 Å². The average molecular weight is 407 g/mol. The fourth-order valence-electron chi connectivity index (χ4n) is 2.84. The van der Waals surface area contributed by atoms with Crippen molar-refractivity contribution >= 4 is 28.5 Å². The summed E-state index contributed by atoms with van der Waals surface area (Å²) < 4.78 is 1.18. The maximum atomic E-state index is 12.6. The van der Waals surface area contributed by atoms with Crippen LogP contribution in [0.2, 0.25) is 0 Å². The van der Waals surface area contributed by atoms with Gasteiger partial charge in [0.2, 0.25) is 0 Å². The van der Waals surface area contributed by atoms with Gasteiger partial charge in [-0.1, -0.05) is 36.4 Å². The first-order valence-corrected chi connectivity index (χ1v) is 9.38. The van der Waals surface area contributed by atoms with E-state index >= 15 is 0 Å². The standard InChI is InChI=1S/C21H21N5O4/c1-3-26-21(30)16-12-8-7-11-15(16)17(25-26)20(29)24-23-18(27)13(2)22-19(28)14-9-5-4-6-10-14/h4-13H,3H2,1-2H3,(H,22,28)(H,23,27)(H,24,29). The summed E-state index contributed by atoms with van der Waals surface area (Å²) in [6, 6.07) is 14.2. The summed E-state index contributed by atoms with van der Waals surface area (Å²) in [7, 11) is 0. The van der Waals surface area contributed by atoms with Gasteiger partial charge in [0.25, 0.3) is 23.3 Å². The summed E-state index contributed by atoms with van der Waals surface area (Å²) in [4.78, 5) is 49.4. The Balaban J connectivity index is 1.69. The van der Waals surface area contributed by atoms with E-state index in [0.29, 0.717) is 22.9 Å². The number of carbonyl (C=O) groups excluding carboxylic acids is 3. The Labute approximate surface area is 172 Å². The molecule has 3 rings (SSSR count). The van der Waals surface area contributed by atoms with Crippen LogP contribution >= 0.6 is 0 Å². The predicted octanol–water partition coefficient (Wildman–Crippen LogP) is 0.996. The van der Waals surface area contributed by atoms with Gasteiger partial charge >= 0.3 is 0 Å². The van der Waals surface area contributed by atoms with Crippen molar-refractivity contribution in [2.75, 3.05) is 0 Å². The first kappa shape index (κ1) is 20.7. The molecule has 0 saturated carbocycles. The zero-order valence-electron chi connectivity index (χ0n) is 16.5. The number of amides is 3. The lowest BCUT2D eigenvalue weighted by Crippen LogP contribution is -2.51. The second kappa shape index (κ2) is 8.99. The van der Waals surface area contributed by atoms with Crippen LogP contribution in [-0.2, 0) is 11.3 Å². The van der Waals surface area contributed by atoms with Crippen molar-refractivity contribution in [3.63, 3.8) is 0 Å². The minimum atomic E-state index is -0.896. The highest BCUT2D eigenvalue weighted by Crippen LogP contribution is 2.13. The van der Waals surface area contributed by atoms with Gasteiger partial charge in [-0.05, 0) is 32.0 Å². The third-order valence-electron chi connectivity index (χ3n) is 4.46. The van der Waals surface area contributed by atoms with Crippen molar-refractivity contribution in [3.05, 3.63) is 76.2 Å². The molecule has 0 aliphatic rings. The van der Waals surface area contributed by atoms with E-state index < -0.39 is 23.8 Å². The molecule has 0 aliphatic carbocycles. The summed E-state index contributed by atoms with van der Waals surface area (Å²) in [6.07, 6.45) is 0. The van der Waals surface area contributed by atoms with Crippen molar-refractivity contribution in [1.82, 2.24) is 25.9 Å². The molecule has 3 amide bonds. The Morgan fingerprint density at radius 2 is 1.57 bits per heavy atom. The molecule has 2 aromatic carbocycles. The summed E-state index contributed by atoms with van der Waals surface area (Å²) in [6.45, 7) is 3.52. The lowest BCUT2D eigenvalue weighted by Gasteiger charge is -2.15. The maximum Gasteiger partial charge on any atom is 0.290 e. The Bertz CT molecular complexity index is 1160. The number of carbonyl (C=O) groups is 3. The van der Waals surface area contributed by atoms with Crippen LogP contribution in [0.15, 0.2) is 59.4 Å². The monoisotopic (exact) mass is 407 g/mol. The van der Waals surface area contributed by atoms with Gasteiger partial charge in [-0.3, -0.25) is 30.0 Å². The van der Waals surface area contributed by atoms with Crippen LogP contribution in [-0.4, -0.2) is 33.5 Å². The topological polar surface area (TPSA) is 122 Å². The van der Waals surface area contributed by atoms with Crippen molar-refractivity contribution < 1.29 is 14.4 Å². The first-order chi connectivity index (χ1) is 14.4. The quantitative estimate of drug-likeness (QED) is 0.545. The van der Waals surface area contributed by atoms with E-state index in [1.54, 1.807) is 61.5 Å². The zero-order chi connectivity index (χ0) is 21.7. The number of nitrogens with one attached hydrogen (secondary N) is 3. The molecule has 0 radical (unpaired) electrons. The highest BCUT2D eigenvalue weighted by molar-refractivity contribution is 6.05. The fraction of sp³-hybridized carbons (Fsp3) is 0.190. The molecule has 30 heavy (non-hydrogen) atoms. The van der Waals surface area contributed by atoms with Gasteiger partial charge in [0.05, 0.1) is 5.39 Å². The molecular formula is C21H21N5O4. The van der Waals surface area contributed by atoms with E-state index in [0.717, 1.165) is 0 Å². The molecule has 0 fully saturated rings. The minimum Gasteiger partial charge on any atom is -0.340 e. The fourth-order valence-corrected chi connectivity index (χ4v) is 2.84. The van der Waals surface area contributed by atoms with Crippen molar-refractivity contribution in [2.24, 2.45) is 0 Å². The van der Waals surface area contributed by atoms with E-state index in [1.165, 1.54) is 11.6 Å². The normalized spacial score (nSPS) is 11.5. The predicted molar refractivity (Wildman–Crippen MR) is 111 cm³/mol. The first-order valence-electron chi connectivity index (χ1n) is 9.38. The van der Waals surface area contributed by atoms with Gasteiger partial charge in [0, 0.05) is 17.5 Å². The summed E-state index contributed by atoms with van der Waals surface area (Å²) in [5.74, 6) is -1.70. The number of fused-ring (bicyclic) bond motifs is 1. The number of nitrogens with zero attached hydrogens (tertiary/aromatic N) is 2. The number of hydrazine groups is 1. The highest BCUT2D eigenvalue weighted by atomic mass is 16.2. The third kappa shape index (κ3) is 4.35. The van der Waals surface area contributed by atoms with Crippen molar-refractivity contribution in [3.8, 4) is 0 Å². The molecule has 9 heteroatoms.